The van der Waals surface area contributed by atoms with Gasteiger partial charge in [-0.15, -0.1) is 0 Å². The van der Waals surface area contributed by atoms with Crippen LogP contribution in [-0.2, 0) is 27.9 Å². The van der Waals surface area contributed by atoms with Gasteiger partial charge in [-0.25, -0.2) is 4.57 Å². The molecule has 0 aliphatic rings. The van der Waals surface area contributed by atoms with E-state index in [2.05, 4.69) is 74.7 Å². The molecule has 0 saturated heterocycles. The second-order valence-electron chi connectivity index (χ2n) is 26.1. The standard InChI is InChI=1S/C75H141N2O7P/c1-7-10-13-16-19-22-25-27-29-31-33-35-37-38-40-42-44-46-48-50-53-56-59-62-65-68-75(79)84-73(66-63-60-57-54-51-24-21-18-15-12-9-3)72(71-83-85(80,81)82-70-69-77(4,5)6)76-74(78)67-64-61-58-55-52-49-47-45-43-41-39-36-34-32-30-28-26-23-20-17-14-11-8-2/h19-20,22-23,27-30,63,66,72-73H,7-18,21,24-26,31-62,64-65,67-71H2,1-6H3,(H-,76,78,80,81)/p+1/b22-19-,23-20-,29-27-,30-28-,66-63+. The average Bonchev–Trinajstić information content (AvgIpc) is 3.58. The van der Waals surface area contributed by atoms with E-state index in [1.165, 1.54) is 250 Å². The maximum Gasteiger partial charge on any atom is 0.472 e. The van der Waals surface area contributed by atoms with Crippen LogP contribution in [0.2, 0.25) is 0 Å². The van der Waals surface area contributed by atoms with E-state index in [0.29, 0.717) is 23.9 Å². The van der Waals surface area contributed by atoms with Crippen molar-refractivity contribution in [1.82, 2.24) is 5.32 Å². The largest absolute Gasteiger partial charge is 0.472 e. The van der Waals surface area contributed by atoms with Crippen LogP contribution in [0, 0.1) is 0 Å². The Morgan fingerprint density at radius 3 is 1.08 bits per heavy atom. The second kappa shape index (κ2) is 64.7. The first-order valence-corrected chi connectivity index (χ1v) is 38.1. The lowest BCUT2D eigenvalue weighted by atomic mass is 10.0. The van der Waals surface area contributed by atoms with Gasteiger partial charge < -0.3 is 19.4 Å². The number of hydrogen-bond donors (Lipinski definition) is 2. The number of likely N-dealkylation sites (N-methyl/N-ethyl adjacent to an activating group) is 1. The summed E-state index contributed by atoms with van der Waals surface area (Å²) in [5, 5.41) is 3.07. The molecule has 0 spiro atoms. The minimum atomic E-state index is -4.45. The van der Waals surface area contributed by atoms with Gasteiger partial charge >= 0.3 is 13.8 Å². The number of carbonyl (C=O) groups is 2. The van der Waals surface area contributed by atoms with Gasteiger partial charge in [-0.2, -0.15) is 0 Å². The molecule has 0 bridgehead atoms. The molecule has 3 unspecified atom stereocenters. The van der Waals surface area contributed by atoms with Crippen LogP contribution in [0.4, 0.5) is 0 Å². The summed E-state index contributed by atoms with van der Waals surface area (Å²) in [5.41, 5.74) is 0. The fourth-order valence-corrected chi connectivity index (χ4v) is 11.5. The van der Waals surface area contributed by atoms with E-state index in [1.54, 1.807) is 0 Å². The van der Waals surface area contributed by atoms with E-state index >= 15 is 0 Å². The van der Waals surface area contributed by atoms with Crippen LogP contribution in [0.3, 0.4) is 0 Å². The predicted molar refractivity (Wildman–Crippen MR) is 369 cm³/mol. The van der Waals surface area contributed by atoms with Crippen molar-refractivity contribution in [2.24, 2.45) is 0 Å². The highest BCUT2D eigenvalue weighted by Crippen LogP contribution is 2.43. The first-order chi connectivity index (χ1) is 41.4. The molecule has 0 radical (unpaired) electrons. The number of carbonyl (C=O) groups excluding carboxylic acids is 2. The Morgan fingerprint density at radius 2 is 0.718 bits per heavy atom. The summed E-state index contributed by atoms with van der Waals surface area (Å²) < 4.78 is 30.8. The average molecular weight is 1210 g/mol. The summed E-state index contributed by atoms with van der Waals surface area (Å²) in [6.07, 6.45) is 83.8. The van der Waals surface area contributed by atoms with E-state index in [9.17, 15) is 19.0 Å². The second-order valence-corrected chi connectivity index (χ2v) is 27.6. The van der Waals surface area contributed by atoms with Gasteiger partial charge in [-0.05, 0) is 96.0 Å². The molecular formula is C75H142N2O7P+. The van der Waals surface area contributed by atoms with Crippen molar-refractivity contribution in [3.63, 3.8) is 0 Å². The number of nitrogens with zero attached hydrogens (tertiary/aromatic N) is 1. The molecule has 0 fully saturated rings. The lowest BCUT2D eigenvalue weighted by Crippen LogP contribution is -2.47. The topological polar surface area (TPSA) is 111 Å². The number of phosphoric ester groups is 1. The Hall–Kier alpha value is -2.29. The van der Waals surface area contributed by atoms with Crippen LogP contribution in [0.15, 0.2) is 60.8 Å². The molecule has 10 heteroatoms. The smallest absolute Gasteiger partial charge is 0.456 e. The van der Waals surface area contributed by atoms with Crippen molar-refractivity contribution in [1.29, 1.82) is 0 Å². The molecule has 2 N–H and O–H groups in total. The molecule has 0 saturated carbocycles. The van der Waals surface area contributed by atoms with Crippen LogP contribution >= 0.6 is 7.82 Å². The summed E-state index contributed by atoms with van der Waals surface area (Å²) >= 11 is 0. The van der Waals surface area contributed by atoms with Gasteiger partial charge in [0.15, 0.2) is 0 Å². The fourth-order valence-electron chi connectivity index (χ4n) is 10.8. The normalized spacial score (nSPS) is 13.8. The van der Waals surface area contributed by atoms with Crippen LogP contribution in [-0.4, -0.2) is 74.3 Å². The first kappa shape index (κ1) is 82.7. The Labute approximate surface area is 528 Å². The molecule has 498 valence electrons. The van der Waals surface area contributed by atoms with Crippen LogP contribution in [0.1, 0.15) is 355 Å². The third kappa shape index (κ3) is 66.0. The highest BCUT2D eigenvalue weighted by atomic mass is 31.2. The highest BCUT2D eigenvalue weighted by Gasteiger charge is 2.30. The van der Waals surface area contributed by atoms with Crippen LogP contribution in [0.5, 0.6) is 0 Å². The van der Waals surface area contributed by atoms with Gasteiger partial charge in [0.05, 0.1) is 33.8 Å². The summed E-state index contributed by atoms with van der Waals surface area (Å²) in [6, 6.07) is -0.849. The number of unbranched alkanes of at least 4 members (excludes halogenated alkanes) is 43. The van der Waals surface area contributed by atoms with Crippen molar-refractivity contribution in [2.45, 2.75) is 367 Å². The van der Waals surface area contributed by atoms with Gasteiger partial charge in [-0.3, -0.25) is 18.6 Å². The zero-order chi connectivity index (χ0) is 62.1. The minimum Gasteiger partial charge on any atom is -0.456 e. The molecule has 0 aliphatic heterocycles. The molecule has 0 aromatic carbocycles. The summed E-state index contributed by atoms with van der Waals surface area (Å²) in [5.74, 6) is -0.492. The zero-order valence-electron chi connectivity index (χ0n) is 57.1. The van der Waals surface area contributed by atoms with E-state index in [-0.39, 0.29) is 25.1 Å². The zero-order valence-corrected chi connectivity index (χ0v) is 58.0. The quantitative estimate of drug-likeness (QED) is 0.0205. The molecule has 1 amide bonds. The summed E-state index contributed by atoms with van der Waals surface area (Å²) in [4.78, 5) is 37.9. The number of allylic oxidation sites excluding steroid dienone is 9. The number of ether oxygens (including phenoxy) is 1. The van der Waals surface area contributed by atoms with Crippen LogP contribution in [0.25, 0.3) is 0 Å². The van der Waals surface area contributed by atoms with Crippen molar-refractivity contribution < 1.29 is 37.3 Å². The molecule has 0 aromatic heterocycles. The number of rotatable bonds is 67. The maximum absolute atomic E-state index is 13.6. The Morgan fingerprint density at radius 1 is 0.412 bits per heavy atom. The number of quaternary nitrogens is 1. The Balaban J connectivity index is 4.96. The SMILES string of the molecule is CCCCC/C=C\C/C=C\CCCCCCCCCCCCCCCCCC(=O)OC(/C=C/CCCCCCCCCCC)C(COP(=O)(O)OCC[N+](C)(C)C)NC(=O)CCCCCCCCCCCCCCC/C=C\C/C=C\CCCCC. The molecule has 0 rings (SSSR count). The Bertz CT molecular complexity index is 1640. The van der Waals surface area contributed by atoms with Crippen LogP contribution < -0.4 is 5.32 Å². The van der Waals surface area contributed by atoms with Gasteiger partial charge in [0, 0.05) is 12.8 Å². The molecule has 0 aromatic rings. The lowest BCUT2D eigenvalue weighted by Gasteiger charge is -2.27. The fraction of sp³-hybridized carbons (Fsp3) is 0.840. The van der Waals surface area contributed by atoms with Gasteiger partial charge in [0.2, 0.25) is 5.91 Å². The number of hydrogen-bond acceptors (Lipinski definition) is 6. The maximum atomic E-state index is 13.6. The van der Waals surface area contributed by atoms with E-state index in [0.717, 1.165) is 70.6 Å². The van der Waals surface area contributed by atoms with E-state index < -0.39 is 20.0 Å². The van der Waals surface area contributed by atoms with Gasteiger partial charge in [-0.1, -0.05) is 307 Å². The molecule has 9 nitrogen and oxygen atoms in total. The summed E-state index contributed by atoms with van der Waals surface area (Å²) in [6.45, 7) is 7.01. The monoisotopic (exact) mass is 1210 g/mol. The van der Waals surface area contributed by atoms with Crippen molar-refractivity contribution in [3.05, 3.63) is 60.8 Å². The minimum absolute atomic E-state index is 0.0407. The molecule has 0 aliphatic carbocycles. The number of phosphoric acid groups is 1. The van der Waals surface area contributed by atoms with Crippen molar-refractivity contribution in [2.75, 3.05) is 40.9 Å². The molecule has 0 heterocycles. The Kier molecular flexibility index (Phi) is 62.9. The number of amides is 1. The molecular weight excluding hydrogens is 1070 g/mol. The van der Waals surface area contributed by atoms with E-state index in [4.69, 9.17) is 13.8 Å². The first-order valence-electron chi connectivity index (χ1n) is 36.6. The highest BCUT2D eigenvalue weighted by molar-refractivity contribution is 7.47. The predicted octanol–water partition coefficient (Wildman–Crippen LogP) is 23.3. The molecule has 85 heavy (non-hydrogen) atoms. The van der Waals surface area contributed by atoms with Gasteiger partial charge in [0.25, 0.3) is 0 Å². The van der Waals surface area contributed by atoms with Crippen molar-refractivity contribution in [3.8, 4) is 0 Å². The van der Waals surface area contributed by atoms with Crippen molar-refractivity contribution >= 4 is 19.7 Å². The number of esters is 1. The third-order valence-corrected chi connectivity index (χ3v) is 17.4. The lowest BCUT2D eigenvalue weighted by molar-refractivity contribution is -0.870. The third-order valence-electron chi connectivity index (χ3n) is 16.4. The molecule has 3 atom stereocenters. The number of nitrogens with one attached hydrogen (secondary N) is 1. The summed E-state index contributed by atoms with van der Waals surface area (Å²) in [7, 11) is 1.51. The van der Waals surface area contributed by atoms with Gasteiger partial charge in [0.1, 0.15) is 19.3 Å². The van der Waals surface area contributed by atoms with E-state index in [1.807, 2.05) is 33.3 Å².